The zero-order valence-electron chi connectivity index (χ0n) is 12.0. The van der Waals surface area contributed by atoms with Crippen LogP contribution in [0.2, 0.25) is 0 Å². The van der Waals surface area contributed by atoms with E-state index in [1.807, 2.05) is 0 Å². The highest BCUT2D eigenvalue weighted by Gasteiger charge is 2.30. The summed E-state index contributed by atoms with van der Waals surface area (Å²) in [6, 6.07) is 4.88. The van der Waals surface area contributed by atoms with E-state index in [9.17, 15) is 22.2 Å². The normalized spacial score (nSPS) is 17.4. The van der Waals surface area contributed by atoms with Crippen LogP contribution in [0.5, 0.6) is 0 Å². The van der Waals surface area contributed by atoms with Crippen LogP contribution in [0.3, 0.4) is 0 Å². The van der Waals surface area contributed by atoms with Gasteiger partial charge in [-0.1, -0.05) is 31.0 Å². The van der Waals surface area contributed by atoms with Gasteiger partial charge >= 0.3 is 6.18 Å². The molecule has 1 N–H and O–H groups in total. The number of nitrogens with one attached hydrogen (secondary N) is 1. The van der Waals surface area contributed by atoms with Crippen molar-refractivity contribution < 1.29 is 22.2 Å². The van der Waals surface area contributed by atoms with Crippen molar-refractivity contribution in [1.82, 2.24) is 5.32 Å². The molecule has 22 heavy (non-hydrogen) atoms. The molecule has 1 atom stereocenters. The SMILES string of the molecule is O=C(C[S@](=O)Cc1cccc(C(F)(F)F)c1)NC1CCCC1. The van der Waals surface area contributed by atoms with E-state index in [-0.39, 0.29) is 23.5 Å². The third-order valence-corrected chi connectivity index (χ3v) is 4.83. The number of carbonyl (C=O) groups is 1. The van der Waals surface area contributed by atoms with E-state index < -0.39 is 22.5 Å². The number of hydrogen-bond donors (Lipinski definition) is 1. The second-order valence-corrected chi connectivity index (χ2v) is 6.93. The summed E-state index contributed by atoms with van der Waals surface area (Å²) in [6.45, 7) is 0. The largest absolute Gasteiger partial charge is 0.416 e. The lowest BCUT2D eigenvalue weighted by molar-refractivity contribution is -0.137. The van der Waals surface area contributed by atoms with Crippen LogP contribution in [0.25, 0.3) is 0 Å². The Labute approximate surface area is 129 Å². The number of benzene rings is 1. The minimum Gasteiger partial charge on any atom is -0.353 e. The van der Waals surface area contributed by atoms with E-state index in [4.69, 9.17) is 0 Å². The van der Waals surface area contributed by atoms with E-state index in [0.29, 0.717) is 5.56 Å². The Balaban J connectivity index is 1.87. The molecule has 2 rings (SSSR count). The Hall–Kier alpha value is -1.37. The van der Waals surface area contributed by atoms with Crippen molar-refractivity contribution in [2.75, 3.05) is 5.75 Å². The molecule has 0 unspecified atom stereocenters. The summed E-state index contributed by atoms with van der Waals surface area (Å²) in [5.41, 5.74) is -0.445. The second kappa shape index (κ2) is 7.26. The van der Waals surface area contributed by atoms with Crippen molar-refractivity contribution in [3.63, 3.8) is 0 Å². The summed E-state index contributed by atoms with van der Waals surface area (Å²) < 4.78 is 49.7. The highest BCUT2D eigenvalue weighted by Crippen LogP contribution is 2.29. The molecule has 1 aromatic carbocycles. The fourth-order valence-electron chi connectivity index (χ4n) is 2.56. The van der Waals surface area contributed by atoms with Crippen LogP contribution in [0.1, 0.15) is 36.8 Å². The van der Waals surface area contributed by atoms with Gasteiger partial charge in [0.25, 0.3) is 0 Å². The molecule has 7 heteroatoms. The molecule has 1 amide bonds. The quantitative estimate of drug-likeness (QED) is 0.900. The number of carbonyl (C=O) groups excluding carboxylic acids is 1. The van der Waals surface area contributed by atoms with E-state index >= 15 is 0 Å². The molecule has 0 aliphatic heterocycles. The third-order valence-electron chi connectivity index (χ3n) is 3.59. The summed E-state index contributed by atoms with van der Waals surface area (Å²) in [5, 5.41) is 2.82. The van der Waals surface area contributed by atoms with Crippen LogP contribution in [0.4, 0.5) is 13.2 Å². The number of rotatable bonds is 5. The molecule has 0 heterocycles. The molecule has 1 aliphatic rings. The second-order valence-electron chi connectivity index (χ2n) is 5.48. The molecule has 1 saturated carbocycles. The molecule has 3 nitrogen and oxygen atoms in total. The van der Waals surface area contributed by atoms with Crippen LogP contribution in [-0.4, -0.2) is 21.9 Å². The molecule has 0 saturated heterocycles. The summed E-state index contributed by atoms with van der Waals surface area (Å²) >= 11 is 0. The van der Waals surface area contributed by atoms with Crippen molar-refractivity contribution in [3.8, 4) is 0 Å². The van der Waals surface area contributed by atoms with Gasteiger partial charge in [0, 0.05) is 22.6 Å². The predicted octanol–water partition coefficient (Wildman–Crippen LogP) is 3.01. The molecule has 122 valence electrons. The van der Waals surface area contributed by atoms with E-state index in [1.165, 1.54) is 12.1 Å². The van der Waals surface area contributed by atoms with Crippen LogP contribution < -0.4 is 5.32 Å². The summed E-state index contributed by atoms with van der Waals surface area (Å²) in [7, 11) is -1.52. The lowest BCUT2D eigenvalue weighted by Gasteiger charge is -2.12. The fourth-order valence-corrected chi connectivity index (χ4v) is 3.59. The number of halogens is 3. The zero-order chi connectivity index (χ0) is 16.2. The van der Waals surface area contributed by atoms with Gasteiger partial charge in [-0.15, -0.1) is 0 Å². The van der Waals surface area contributed by atoms with Crippen LogP contribution in [0, 0.1) is 0 Å². The van der Waals surface area contributed by atoms with E-state index in [1.54, 1.807) is 0 Å². The number of alkyl halides is 3. The summed E-state index contributed by atoms with van der Waals surface area (Å²) in [5.74, 6) is -0.522. The highest BCUT2D eigenvalue weighted by atomic mass is 32.2. The fraction of sp³-hybridized carbons (Fsp3) is 0.533. The highest BCUT2D eigenvalue weighted by molar-refractivity contribution is 7.84. The van der Waals surface area contributed by atoms with Gasteiger partial charge in [0.2, 0.25) is 5.91 Å². The lowest BCUT2D eigenvalue weighted by atomic mass is 10.1. The van der Waals surface area contributed by atoms with Crippen LogP contribution in [-0.2, 0) is 27.5 Å². The number of hydrogen-bond acceptors (Lipinski definition) is 2. The van der Waals surface area contributed by atoms with Crippen molar-refractivity contribution in [3.05, 3.63) is 35.4 Å². The van der Waals surface area contributed by atoms with Crippen molar-refractivity contribution in [1.29, 1.82) is 0 Å². The average molecular weight is 333 g/mol. The van der Waals surface area contributed by atoms with Gasteiger partial charge in [-0.25, -0.2) is 0 Å². The van der Waals surface area contributed by atoms with E-state index in [2.05, 4.69) is 5.32 Å². The maximum atomic E-state index is 12.6. The lowest BCUT2D eigenvalue weighted by Crippen LogP contribution is -2.35. The van der Waals surface area contributed by atoms with Crippen molar-refractivity contribution in [2.24, 2.45) is 0 Å². The summed E-state index contributed by atoms with van der Waals surface area (Å²) in [6.07, 6.45) is -0.383. The molecule has 1 fully saturated rings. The maximum absolute atomic E-state index is 12.6. The minimum absolute atomic E-state index is 0.0536. The first-order chi connectivity index (χ1) is 10.3. The smallest absolute Gasteiger partial charge is 0.353 e. The Kier molecular flexibility index (Phi) is 5.61. The Morgan fingerprint density at radius 1 is 1.27 bits per heavy atom. The third kappa shape index (κ3) is 5.12. The first kappa shape index (κ1) is 17.0. The van der Waals surface area contributed by atoms with Gasteiger partial charge in [0.05, 0.1) is 5.56 Å². The van der Waals surface area contributed by atoms with Crippen LogP contribution in [0.15, 0.2) is 24.3 Å². The van der Waals surface area contributed by atoms with Gasteiger partial charge in [-0.2, -0.15) is 13.2 Å². The molecule has 1 aliphatic carbocycles. The first-order valence-corrected chi connectivity index (χ1v) is 8.64. The van der Waals surface area contributed by atoms with Gasteiger partial charge in [0.15, 0.2) is 0 Å². The predicted molar refractivity (Wildman–Crippen MR) is 78.6 cm³/mol. The van der Waals surface area contributed by atoms with Gasteiger partial charge in [-0.3, -0.25) is 9.00 Å². The molecule has 0 spiro atoms. The molecular formula is C15H18F3NO2S. The monoisotopic (exact) mass is 333 g/mol. The van der Waals surface area contributed by atoms with E-state index in [0.717, 1.165) is 37.8 Å². The van der Waals surface area contributed by atoms with Crippen molar-refractivity contribution >= 4 is 16.7 Å². The Morgan fingerprint density at radius 3 is 2.59 bits per heavy atom. The van der Waals surface area contributed by atoms with Crippen molar-refractivity contribution in [2.45, 2.75) is 43.7 Å². The molecule has 0 radical (unpaired) electrons. The zero-order valence-corrected chi connectivity index (χ0v) is 12.8. The Bertz CT molecular complexity index is 554. The average Bonchev–Trinajstić information content (AvgIpc) is 2.90. The number of amides is 1. The topological polar surface area (TPSA) is 46.2 Å². The standard InChI is InChI=1S/C15H18F3NO2S/c16-15(17,18)12-5-3-4-11(8-12)9-22(21)10-14(20)19-13-6-1-2-7-13/h3-5,8,13H,1-2,6-7,9-10H2,(H,19,20)/t22-/m1/s1. The summed E-state index contributed by atoms with van der Waals surface area (Å²) in [4.78, 5) is 11.7. The minimum atomic E-state index is -4.42. The molecule has 1 aromatic rings. The molecular weight excluding hydrogens is 315 g/mol. The Morgan fingerprint density at radius 2 is 1.95 bits per heavy atom. The first-order valence-electron chi connectivity index (χ1n) is 7.15. The van der Waals surface area contributed by atoms with Gasteiger partial charge in [-0.05, 0) is 24.5 Å². The molecule has 0 aromatic heterocycles. The van der Waals surface area contributed by atoms with Crippen LogP contribution >= 0.6 is 0 Å². The van der Waals surface area contributed by atoms with Gasteiger partial charge < -0.3 is 5.32 Å². The van der Waals surface area contributed by atoms with Gasteiger partial charge in [0.1, 0.15) is 5.75 Å². The maximum Gasteiger partial charge on any atom is 0.416 e. The molecule has 0 bridgehead atoms.